The summed E-state index contributed by atoms with van der Waals surface area (Å²) in [7, 11) is 0. The quantitative estimate of drug-likeness (QED) is 0.745. The third-order valence-corrected chi connectivity index (χ3v) is 5.13. The zero-order chi connectivity index (χ0) is 18.6. The predicted octanol–water partition coefficient (Wildman–Crippen LogP) is 3.25. The van der Waals surface area contributed by atoms with E-state index in [2.05, 4.69) is 24.5 Å². The van der Waals surface area contributed by atoms with E-state index in [-0.39, 0.29) is 18.4 Å². The van der Waals surface area contributed by atoms with E-state index in [1.165, 1.54) is 5.56 Å². The highest BCUT2D eigenvalue weighted by Crippen LogP contribution is 2.25. The summed E-state index contributed by atoms with van der Waals surface area (Å²) in [6.45, 7) is 7.71. The van der Waals surface area contributed by atoms with Crippen LogP contribution in [0.2, 0.25) is 0 Å². The average Bonchev–Trinajstić information content (AvgIpc) is 2.86. The van der Waals surface area contributed by atoms with Gasteiger partial charge in [0.05, 0.1) is 0 Å². The second kappa shape index (κ2) is 7.68. The summed E-state index contributed by atoms with van der Waals surface area (Å²) >= 11 is 0. The van der Waals surface area contributed by atoms with Gasteiger partial charge in [-0.2, -0.15) is 0 Å². The largest absolute Gasteiger partial charge is 0.325 e. The number of hydrogen-bond donors (Lipinski definition) is 2. The molecule has 1 heterocycles. The molecule has 1 saturated heterocycles. The molecule has 2 rings (SSSR count). The Morgan fingerprint density at radius 1 is 1.16 bits per heavy atom. The minimum atomic E-state index is -0.880. The van der Waals surface area contributed by atoms with Crippen molar-refractivity contribution >= 4 is 23.5 Å². The number of amides is 4. The lowest BCUT2D eigenvalue weighted by atomic mass is 9.93. The number of imide groups is 1. The van der Waals surface area contributed by atoms with Crippen molar-refractivity contribution < 1.29 is 14.4 Å². The van der Waals surface area contributed by atoms with Gasteiger partial charge in [-0.3, -0.25) is 14.5 Å². The van der Waals surface area contributed by atoms with E-state index >= 15 is 0 Å². The Morgan fingerprint density at radius 2 is 1.76 bits per heavy atom. The van der Waals surface area contributed by atoms with Gasteiger partial charge in [-0.05, 0) is 42.9 Å². The van der Waals surface area contributed by atoms with Crippen LogP contribution in [0.4, 0.5) is 10.5 Å². The summed E-state index contributed by atoms with van der Waals surface area (Å²) in [6.07, 6.45) is 2.06. The van der Waals surface area contributed by atoms with Crippen LogP contribution in [-0.4, -0.2) is 34.8 Å². The molecule has 25 heavy (non-hydrogen) atoms. The first kappa shape index (κ1) is 19.0. The molecule has 6 nitrogen and oxygen atoms in total. The van der Waals surface area contributed by atoms with E-state index in [1.54, 1.807) is 0 Å². The number of nitrogens with zero attached hydrogens (tertiary/aromatic N) is 1. The Kier molecular flexibility index (Phi) is 5.82. The molecule has 1 aromatic carbocycles. The molecule has 1 aromatic rings. The second-order valence-electron chi connectivity index (χ2n) is 6.59. The van der Waals surface area contributed by atoms with Crippen LogP contribution < -0.4 is 10.6 Å². The van der Waals surface area contributed by atoms with Gasteiger partial charge in [-0.15, -0.1) is 0 Å². The van der Waals surface area contributed by atoms with Gasteiger partial charge in [0.25, 0.3) is 5.91 Å². The fraction of sp³-hybridized carbons (Fsp3) is 0.526. The van der Waals surface area contributed by atoms with Gasteiger partial charge in [-0.1, -0.05) is 39.8 Å². The van der Waals surface area contributed by atoms with Gasteiger partial charge >= 0.3 is 6.03 Å². The van der Waals surface area contributed by atoms with Gasteiger partial charge in [0.1, 0.15) is 12.1 Å². The average molecular weight is 345 g/mol. The summed E-state index contributed by atoms with van der Waals surface area (Å²) in [5.41, 5.74) is 0.988. The Labute approximate surface area is 149 Å². The van der Waals surface area contributed by atoms with Crippen molar-refractivity contribution in [2.45, 2.75) is 58.4 Å². The molecule has 1 aliphatic rings. The molecular weight excluding hydrogens is 318 g/mol. The molecule has 4 amide bonds. The summed E-state index contributed by atoms with van der Waals surface area (Å²) in [5, 5.41) is 5.46. The Bertz CT molecular complexity index is 650. The second-order valence-corrected chi connectivity index (χ2v) is 6.59. The number of carbonyl (C=O) groups excluding carboxylic acids is 3. The van der Waals surface area contributed by atoms with Crippen molar-refractivity contribution in [1.82, 2.24) is 10.2 Å². The molecule has 0 aromatic heterocycles. The number of rotatable bonds is 7. The SMILES string of the molecule is CC[C@@H](C)c1ccc(NC(=O)CN2C(=O)NC(CC)(CC)C2=O)cc1. The lowest BCUT2D eigenvalue weighted by Gasteiger charge is -2.23. The smallest absolute Gasteiger partial charge is 0.325 e. The molecule has 0 radical (unpaired) electrons. The first-order chi connectivity index (χ1) is 11.9. The number of urea groups is 1. The van der Waals surface area contributed by atoms with Crippen molar-refractivity contribution in [2.75, 3.05) is 11.9 Å². The molecule has 136 valence electrons. The monoisotopic (exact) mass is 345 g/mol. The zero-order valence-electron chi connectivity index (χ0n) is 15.4. The maximum Gasteiger partial charge on any atom is 0.325 e. The molecule has 1 fully saturated rings. The third-order valence-electron chi connectivity index (χ3n) is 5.13. The van der Waals surface area contributed by atoms with Gasteiger partial charge < -0.3 is 10.6 Å². The van der Waals surface area contributed by atoms with Crippen LogP contribution in [0.15, 0.2) is 24.3 Å². The van der Waals surface area contributed by atoms with Gasteiger partial charge in [0.15, 0.2) is 0 Å². The minimum Gasteiger partial charge on any atom is -0.325 e. The molecular formula is C19H27N3O3. The van der Waals surface area contributed by atoms with E-state index < -0.39 is 11.6 Å². The van der Waals surface area contributed by atoms with Crippen LogP contribution in [0.1, 0.15) is 58.4 Å². The summed E-state index contributed by atoms with van der Waals surface area (Å²) in [5.74, 6) is -0.251. The zero-order valence-corrected chi connectivity index (χ0v) is 15.4. The van der Waals surface area contributed by atoms with Crippen LogP contribution in [0.25, 0.3) is 0 Å². The van der Waals surface area contributed by atoms with Crippen LogP contribution in [0, 0.1) is 0 Å². The van der Waals surface area contributed by atoms with Gasteiger partial charge in [-0.25, -0.2) is 4.79 Å². The number of nitrogens with one attached hydrogen (secondary N) is 2. The molecule has 0 saturated carbocycles. The number of benzene rings is 1. The van der Waals surface area contributed by atoms with E-state index in [0.29, 0.717) is 24.4 Å². The van der Waals surface area contributed by atoms with Crippen LogP contribution >= 0.6 is 0 Å². The highest BCUT2D eigenvalue weighted by atomic mass is 16.2. The Hall–Kier alpha value is -2.37. The molecule has 0 bridgehead atoms. The molecule has 0 unspecified atom stereocenters. The summed E-state index contributed by atoms with van der Waals surface area (Å²) in [4.78, 5) is 37.8. The highest BCUT2D eigenvalue weighted by molar-refractivity contribution is 6.10. The normalized spacial score (nSPS) is 17.4. The molecule has 2 N–H and O–H groups in total. The maximum atomic E-state index is 12.5. The highest BCUT2D eigenvalue weighted by Gasteiger charge is 2.49. The standard InChI is InChI=1S/C19H27N3O3/c1-5-13(4)14-8-10-15(11-9-14)20-16(23)12-22-17(24)19(6-2,7-3)21-18(22)25/h8-11,13H,5-7,12H2,1-4H3,(H,20,23)(H,21,25)/t13-/m1/s1. The summed E-state index contributed by atoms with van der Waals surface area (Å²) in [6, 6.07) is 7.14. The van der Waals surface area contributed by atoms with Crippen molar-refractivity contribution in [3.8, 4) is 0 Å². The lowest BCUT2D eigenvalue weighted by molar-refractivity contribution is -0.134. The summed E-state index contributed by atoms with van der Waals surface area (Å²) < 4.78 is 0. The molecule has 6 heteroatoms. The minimum absolute atomic E-state index is 0.278. The van der Waals surface area contributed by atoms with E-state index in [9.17, 15) is 14.4 Å². The Balaban J connectivity index is 2.01. The number of anilines is 1. The molecule has 0 spiro atoms. The molecule has 0 aliphatic carbocycles. The third kappa shape index (κ3) is 3.83. The van der Waals surface area contributed by atoms with Crippen LogP contribution in [-0.2, 0) is 9.59 Å². The number of carbonyl (C=O) groups is 3. The number of hydrogen-bond acceptors (Lipinski definition) is 3. The van der Waals surface area contributed by atoms with Crippen molar-refractivity contribution in [3.63, 3.8) is 0 Å². The van der Waals surface area contributed by atoms with E-state index in [0.717, 1.165) is 11.3 Å². The van der Waals surface area contributed by atoms with Crippen LogP contribution in [0.5, 0.6) is 0 Å². The van der Waals surface area contributed by atoms with Crippen LogP contribution in [0.3, 0.4) is 0 Å². The predicted molar refractivity (Wildman–Crippen MR) is 97.3 cm³/mol. The first-order valence-corrected chi connectivity index (χ1v) is 8.90. The van der Waals surface area contributed by atoms with Crippen molar-refractivity contribution in [3.05, 3.63) is 29.8 Å². The van der Waals surface area contributed by atoms with Crippen molar-refractivity contribution in [2.24, 2.45) is 0 Å². The van der Waals surface area contributed by atoms with Gasteiger partial charge in [0.2, 0.25) is 5.91 Å². The Morgan fingerprint density at radius 3 is 2.24 bits per heavy atom. The fourth-order valence-electron chi connectivity index (χ4n) is 3.02. The maximum absolute atomic E-state index is 12.5. The van der Waals surface area contributed by atoms with Crippen molar-refractivity contribution in [1.29, 1.82) is 0 Å². The lowest BCUT2D eigenvalue weighted by Crippen LogP contribution is -2.46. The molecule has 1 atom stereocenters. The fourth-order valence-corrected chi connectivity index (χ4v) is 3.02. The topological polar surface area (TPSA) is 78.5 Å². The van der Waals surface area contributed by atoms with Gasteiger partial charge in [0, 0.05) is 5.69 Å². The van der Waals surface area contributed by atoms with E-state index in [1.807, 2.05) is 38.1 Å². The molecule has 1 aliphatic heterocycles. The van der Waals surface area contributed by atoms with E-state index in [4.69, 9.17) is 0 Å². The first-order valence-electron chi connectivity index (χ1n) is 8.90.